The molecule has 0 bridgehead atoms. The van der Waals surface area contributed by atoms with Crippen LogP contribution in [0.3, 0.4) is 0 Å². The van der Waals surface area contributed by atoms with Crippen LogP contribution in [-0.4, -0.2) is 24.5 Å². The Hall–Kier alpha value is -3.16. The van der Waals surface area contributed by atoms with E-state index in [1.807, 2.05) is 4.98 Å². The highest BCUT2D eigenvalue weighted by atomic mass is 35.5. The molecule has 0 saturated heterocycles. The Morgan fingerprint density at radius 1 is 1.21 bits per heavy atom. The van der Waals surface area contributed by atoms with Crippen molar-refractivity contribution in [2.45, 2.75) is 25.3 Å². The first-order valence-corrected chi connectivity index (χ1v) is 8.83. The predicted octanol–water partition coefficient (Wildman–Crippen LogP) is 1.17. The van der Waals surface area contributed by atoms with Gasteiger partial charge in [0.2, 0.25) is 11.6 Å². The number of hydrogen-bond donors (Lipinski definition) is 1. The first-order chi connectivity index (χ1) is 13.4. The zero-order chi connectivity index (χ0) is 20.0. The maximum atomic E-state index is 12.0. The molecule has 0 radical (unpaired) electrons. The molecule has 3 aromatic rings. The van der Waals surface area contributed by atoms with E-state index in [1.165, 1.54) is 16.8 Å². The number of benzene rings is 1. The largest absolute Gasteiger partial charge is 0.437 e. The Bertz CT molecular complexity index is 1290. The maximum Gasteiger partial charge on any atom is 0.437 e. The van der Waals surface area contributed by atoms with Crippen LogP contribution in [0.1, 0.15) is 36.0 Å². The Labute approximate surface area is 165 Å². The van der Waals surface area contributed by atoms with E-state index in [2.05, 4.69) is 10.2 Å². The molecule has 12 heteroatoms. The first kappa shape index (κ1) is 18.2. The van der Waals surface area contributed by atoms with E-state index in [0.29, 0.717) is 5.56 Å². The van der Waals surface area contributed by atoms with Crippen LogP contribution in [-0.2, 0) is 6.42 Å². The van der Waals surface area contributed by atoms with E-state index in [-0.39, 0.29) is 34.1 Å². The molecule has 1 aliphatic rings. The quantitative estimate of drug-likeness (QED) is 0.667. The summed E-state index contributed by atoms with van der Waals surface area (Å²) < 4.78 is 7.26. The highest BCUT2D eigenvalue weighted by Crippen LogP contribution is 2.33. The van der Waals surface area contributed by atoms with E-state index in [4.69, 9.17) is 32.9 Å². The van der Waals surface area contributed by atoms with Crippen molar-refractivity contribution in [1.29, 1.82) is 5.26 Å². The van der Waals surface area contributed by atoms with Gasteiger partial charge in [0.25, 0.3) is 5.56 Å². The SMILES string of the molecule is N#Cc1nn(-c2cc(Cl)c(Cc3nn(C4CC4)c(=O)o3)c(Cl)c2)c(=O)[nH]c1=O. The summed E-state index contributed by atoms with van der Waals surface area (Å²) in [5.41, 5.74) is -1.63. The van der Waals surface area contributed by atoms with Gasteiger partial charge in [0.15, 0.2) is 0 Å². The molecule has 1 aromatic carbocycles. The van der Waals surface area contributed by atoms with Crippen molar-refractivity contribution in [2.75, 3.05) is 0 Å². The number of halogens is 2. The fourth-order valence-corrected chi connectivity index (χ4v) is 3.24. The number of nitrogens with zero attached hydrogens (tertiary/aromatic N) is 5. The summed E-state index contributed by atoms with van der Waals surface area (Å²) in [6.07, 6.45) is 1.84. The second-order valence-electron chi connectivity index (χ2n) is 6.13. The lowest BCUT2D eigenvalue weighted by molar-refractivity contribution is 0.453. The lowest BCUT2D eigenvalue weighted by Crippen LogP contribution is -2.33. The molecular formula is C16H10Cl2N6O4. The van der Waals surface area contributed by atoms with Crippen molar-refractivity contribution < 1.29 is 4.42 Å². The minimum absolute atomic E-state index is 0.0737. The predicted molar refractivity (Wildman–Crippen MR) is 97.0 cm³/mol. The second-order valence-corrected chi connectivity index (χ2v) is 6.95. The molecule has 1 aliphatic carbocycles. The standard InChI is InChI=1S/C16H10Cl2N6O4/c17-10-3-8(23-15(26)20-14(25)12(6-19)21-23)4-11(18)9(10)5-13-22-24(7-1-2-7)16(27)28-13/h3-4,7H,1-2,5H2,(H,20,25,26). The van der Waals surface area contributed by atoms with E-state index >= 15 is 0 Å². The summed E-state index contributed by atoms with van der Waals surface area (Å²) in [6, 6.07) is 4.46. The highest BCUT2D eigenvalue weighted by Gasteiger charge is 2.28. The molecule has 28 heavy (non-hydrogen) atoms. The molecule has 142 valence electrons. The van der Waals surface area contributed by atoms with Crippen LogP contribution < -0.4 is 17.0 Å². The molecule has 1 fully saturated rings. The minimum atomic E-state index is -0.890. The summed E-state index contributed by atoms with van der Waals surface area (Å²) in [5, 5.41) is 17.1. The van der Waals surface area contributed by atoms with Crippen molar-refractivity contribution in [3.8, 4) is 11.8 Å². The third kappa shape index (κ3) is 3.26. The zero-order valence-electron chi connectivity index (χ0n) is 14.0. The molecular weight excluding hydrogens is 411 g/mol. The van der Waals surface area contributed by atoms with Crippen LogP contribution >= 0.6 is 23.2 Å². The third-order valence-electron chi connectivity index (χ3n) is 4.14. The van der Waals surface area contributed by atoms with E-state index < -0.39 is 22.7 Å². The fraction of sp³-hybridized carbons (Fsp3) is 0.250. The van der Waals surface area contributed by atoms with E-state index in [0.717, 1.165) is 17.5 Å². The molecule has 0 aliphatic heterocycles. The molecule has 2 aromatic heterocycles. The lowest BCUT2D eigenvalue weighted by atomic mass is 10.1. The van der Waals surface area contributed by atoms with Gasteiger partial charge in [0.05, 0.1) is 18.2 Å². The lowest BCUT2D eigenvalue weighted by Gasteiger charge is -2.09. The average molecular weight is 421 g/mol. The Kier molecular flexibility index (Phi) is 4.41. The molecule has 10 nitrogen and oxygen atoms in total. The average Bonchev–Trinajstić information content (AvgIpc) is 3.41. The van der Waals surface area contributed by atoms with Gasteiger partial charge in [-0.25, -0.2) is 9.59 Å². The van der Waals surface area contributed by atoms with Gasteiger partial charge in [-0.15, -0.1) is 10.2 Å². The van der Waals surface area contributed by atoms with Gasteiger partial charge >= 0.3 is 11.4 Å². The van der Waals surface area contributed by atoms with Crippen LogP contribution in [0, 0.1) is 11.3 Å². The van der Waals surface area contributed by atoms with Gasteiger partial charge in [0, 0.05) is 10.0 Å². The normalized spacial score (nSPS) is 13.5. The van der Waals surface area contributed by atoms with Crippen molar-refractivity contribution in [2.24, 2.45) is 0 Å². The van der Waals surface area contributed by atoms with Gasteiger partial charge in [-0.05, 0) is 30.5 Å². The molecule has 2 heterocycles. The molecule has 0 spiro atoms. The number of nitrogens with one attached hydrogen (secondary N) is 1. The van der Waals surface area contributed by atoms with Gasteiger partial charge in [0.1, 0.15) is 6.07 Å². The second kappa shape index (κ2) is 6.78. The Morgan fingerprint density at radius 3 is 2.50 bits per heavy atom. The summed E-state index contributed by atoms with van der Waals surface area (Å²) >= 11 is 12.6. The zero-order valence-corrected chi connectivity index (χ0v) is 15.5. The Balaban J connectivity index is 1.72. The maximum absolute atomic E-state index is 12.0. The summed E-state index contributed by atoms with van der Waals surface area (Å²) in [7, 11) is 0. The molecule has 0 atom stereocenters. The number of aromatic nitrogens is 5. The molecule has 0 unspecified atom stereocenters. The number of rotatable bonds is 4. The first-order valence-electron chi connectivity index (χ1n) is 8.08. The minimum Gasteiger partial charge on any atom is -0.392 e. The van der Waals surface area contributed by atoms with Crippen molar-refractivity contribution in [3.63, 3.8) is 0 Å². The van der Waals surface area contributed by atoms with Gasteiger partial charge < -0.3 is 4.42 Å². The van der Waals surface area contributed by atoms with Gasteiger partial charge in [-0.2, -0.15) is 14.6 Å². The smallest absolute Gasteiger partial charge is 0.392 e. The van der Waals surface area contributed by atoms with Crippen LogP contribution in [0.2, 0.25) is 10.0 Å². The number of H-pyrrole nitrogens is 1. The van der Waals surface area contributed by atoms with Crippen LogP contribution in [0.4, 0.5) is 0 Å². The van der Waals surface area contributed by atoms with Gasteiger partial charge in [-0.3, -0.25) is 9.78 Å². The number of nitriles is 1. The summed E-state index contributed by atoms with van der Waals surface area (Å²) in [4.78, 5) is 37.3. The number of hydrogen-bond acceptors (Lipinski definition) is 7. The molecule has 1 saturated carbocycles. The van der Waals surface area contributed by atoms with E-state index in [9.17, 15) is 14.4 Å². The monoisotopic (exact) mass is 420 g/mol. The molecule has 1 N–H and O–H groups in total. The van der Waals surface area contributed by atoms with Crippen LogP contribution in [0.5, 0.6) is 0 Å². The summed E-state index contributed by atoms with van der Waals surface area (Å²) in [5.74, 6) is -0.367. The Morgan fingerprint density at radius 2 is 1.89 bits per heavy atom. The topological polar surface area (TPSA) is 140 Å². The summed E-state index contributed by atoms with van der Waals surface area (Å²) in [6.45, 7) is 0. The van der Waals surface area contributed by atoms with Crippen molar-refractivity contribution in [3.05, 3.63) is 70.7 Å². The third-order valence-corrected chi connectivity index (χ3v) is 4.81. The number of aromatic amines is 1. The fourth-order valence-electron chi connectivity index (χ4n) is 2.63. The highest BCUT2D eigenvalue weighted by molar-refractivity contribution is 6.36. The van der Waals surface area contributed by atoms with Crippen molar-refractivity contribution in [1.82, 2.24) is 24.5 Å². The van der Waals surface area contributed by atoms with Crippen molar-refractivity contribution >= 4 is 23.2 Å². The van der Waals surface area contributed by atoms with E-state index in [1.54, 1.807) is 6.07 Å². The molecule has 0 amide bonds. The van der Waals surface area contributed by atoms with Crippen LogP contribution in [0.15, 0.2) is 30.9 Å². The molecule has 4 rings (SSSR count). The van der Waals surface area contributed by atoms with Crippen LogP contribution in [0.25, 0.3) is 5.69 Å². The van der Waals surface area contributed by atoms with Gasteiger partial charge in [-0.1, -0.05) is 23.2 Å².